The van der Waals surface area contributed by atoms with E-state index in [9.17, 15) is 4.79 Å². The summed E-state index contributed by atoms with van der Waals surface area (Å²) in [6.07, 6.45) is 4.34. The lowest BCUT2D eigenvalue weighted by Crippen LogP contribution is -2.07. The summed E-state index contributed by atoms with van der Waals surface area (Å²) in [6.45, 7) is 2.63. The molecule has 0 amide bonds. The van der Waals surface area contributed by atoms with E-state index in [4.69, 9.17) is 14.7 Å². The quantitative estimate of drug-likeness (QED) is 0.322. The summed E-state index contributed by atoms with van der Waals surface area (Å²) in [6, 6.07) is 16.9. The van der Waals surface area contributed by atoms with Crippen LogP contribution >= 0.6 is 0 Å². The Labute approximate surface area is 169 Å². The molecule has 0 saturated carbocycles. The van der Waals surface area contributed by atoms with E-state index in [0.717, 1.165) is 23.4 Å². The maximum absolute atomic E-state index is 10.8. The Balaban J connectivity index is 1.50. The summed E-state index contributed by atoms with van der Waals surface area (Å²) in [7, 11) is 0. The SMILES string of the molecule is CCC(=NOCCOc1cccc(CC(=O)O)c1)c1ccc(-n2cccn2)cc1. The molecule has 3 rings (SSSR count). The zero-order valence-corrected chi connectivity index (χ0v) is 16.2. The maximum Gasteiger partial charge on any atom is 0.307 e. The summed E-state index contributed by atoms with van der Waals surface area (Å²) in [5.74, 6) is -0.258. The number of oxime groups is 1. The van der Waals surface area contributed by atoms with Gasteiger partial charge in [0.2, 0.25) is 0 Å². The molecule has 0 bridgehead atoms. The van der Waals surface area contributed by atoms with Crippen molar-refractivity contribution >= 4 is 11.7 Å². The third kappa shape index (κ3) is 5.93. The Morgan fingerprint density at radius 2 is 1.97 bits per heavy atom. The van der Waals surface area contributed by atoms with Crippen molar-refractivity contribution in [2.45, 2.75) is 19.8 Å². The Morgan fingerprint density at radius 3 is 2.66 bits per heavy atom. The number of hydrogen-bond acceptors (Lipinski definition) is 5. The van der Waals surface area contributed by atoms with E-state index in [1.165, 1.54) is 0 Å². The van der Waals surface area contributed by atoms with Crippen LogP contribution in [-0.2, 0) is 16.1 Å². The number of nitrogens with zero attached hydrogens (tertiary/aromatic N) is 3. The van der Waals surface area contributed by atoms with Crippen LogP contribution in [0.4, 0.5) is 0 Å². The van der Waals surface area contributed by atoms with Crippen LogP contribution in [0.2, 0.25) is 0 Å². The van der Waals surface area contributed by atoms with Crippen molar-refractivity contribution in [2.24, 2.45) is 5.16 Å². The van der Waals surface area contributed by atoms with E-state index >= 15 is 0 Å². The maximum atomic E-state index is 10.8. The van der Waals surface area contributed by atoms with Crippen LogP contribution < -0.4 is 4.74 Å². The second-order valence-electron chi connectivity index (χ2n) is 6.29. The highest BCUT2D eigenvalue weighted by Gasteiger charge is 2.05. The van der Waals surface area contributed by atoms with Crippen LogP contribution in [0.25, 0.3) is 5.69 Å². The molecule has 0 aliphatic heterocycles. The van der Waals surface area contributed by atoms with Crippen molar-refractivity contribution in [3.63, 3.8) is 0 Å². The third-order valence-corrected chi connectivity index (χ3v) is 4.18. The molecule has 2 aromatic carbocycles. The minimum Gasteiger partial charge on any atom is -0.490 e. The number of carbonyl (C=O) groups is 1. The fraction of sp³-hybridized carbons (Fsp3) is 0.227. The topological polar surface area (TPSA) is 85.9 Å². The Kier molecular flexibility index (Phi) is 7.00. The molecular weight excluding hydrogens is 370 g/mol. The molecule has 0 radical (unpaired) electrons. The van der Waals surface area contributed by atoms with Crippen molar-refractivity contribution in [1.29, 1.82) is 0 Å². The van der Waals surface area contributed by atoms with Crippen LogP contribution in [-0.4, -0.2) is 39.8 Å². The third-order valence-electron chi connectivity index (χ3n) is 4.18. The Hall–Kier alpha value is -3.61. The van der Waals surface area contributed by atoms with Crippen LogP contribution in [0.5, 0.6) is 5.75 Å². The van der Waals surface area contributed by atoms with Gasteiger partial charge in [-0.3, -0.25) is 4.79 Å². The number of ether oxygens (including phenoxy) is 1. The molecule has 29 heavy (non-hydrogen) atoms. The molecule has 1 aromatic heterocycles. The van der Waals surface area contributed by atoms with Crippen LogP contribution in [0.1, 0.15) is 24.5 Å². The number of carboxylic acid groups (broad SMARTS) is 1. The lowest BCUT2D eigenvalue weighted by atomic mass is 10.1. The number of benzene rings is 2. The van der Waals surface area contributed by atoms with Gasteiger partial charge < -0.3 is 14.7 Å². The molecule has 0 atom stereocenters. The lowest BCUT2D eigenvalue weighted by molar-refractivity contribution is -0.136. The minimum absolute atomic E-state index is 0.0307. The molecule has 0 saturated heterocycles. The number of aromatic nitrogens is 2. The van der Waals surface area contributed by atoms with Gasteiger partial charge in [0.25, 0.3) is 0 Å². The zero-order chi connectivity index (χ0) is 20.5. The van der Waals surface area contributed by atoms with Gasteiger partial charge in [-0.25, -0.2) is 4.68 Å². The van der Waals surface area contributed by atoms with Crippen LogP contribution in [0.3, 0.4) is 0 Å². The van der Waals surface area contributed by atoms with Crippen molar-refractivity contribution in [3.05, 3.63) is 78.1 Å². The van der Waals surface area contributed by atoms with Crippen molar-refractivity contribution < 1.29 is 19.5 Å². The average Bonchev–Trinajstić information content (AvgIpc) is 3.26. The standard InChI is InChI=1S/C22H23N3O4/c1-2-21(18-7-9-19(10-8-18)25-12-4-11-23-25)24-29-14-13-28-20-6-3-5-17(15-20)16-22(26)27/h3-12,15H,2,13-14,16H2,1H3,(H,26,27). The highest BCUT2D eigenvalue weighted by molar-refractivity contribution is 6.00. The second-order valence-corrected chi connectivity index (χ2v) is 6.29. The van der Waals surface area contributed by atoms with E-state index in [0.29, 0.717) is 17.9 Å². The van der Waals surface area contributed by atoms with Crippen molar-refractivity contribution in [1.82, 2.24) is 9.78 Å². The van der Waals surface area contributed by atoms with Gasteiger partial charge in [0.05, 0.1) is 17.8 Å². The summed E-state index contributed by atoms with van der Waals surface area (Å²) < 4.78 is 7.41. The van der Waals surface area contributed by atoms with E-state index in [-0.39, 0.29) is 13.0 Å². The van der Waals surface area contributed by atoms with E-state index in [2.05, 4.69) is 10.3 Å². The summed E-state index contributed by atoms with van der Waals surface area (Å²) >= 11 is 0. The number of aliphatic carboxylic acids is 1. The largest absolute Gasteiger partial charge is 0.490 e. The number of carboxylic acids is 1. The molecule has 7 nitrogen and oxygen atoms in total. The first kappa shape index (κ1) is 20.1. The van der Waals surface area contributed by atoms with Gasteiger partial charge in [-0.1, -0.05) is 36.3 Å². The average molecular weight is 393 g/mol. The van der Waals surface area contributed by atoms with Gasteiger partial charge in [-0.2, -0.15) is 5.10 Å². The molecule has 0 spiro atoms. The van der Waals surface area contributed by atoms with Crippen molar-refractivity contribution in [3.8, 4) is 11.4 Å². The predicted molar refractivity (Wildman–Crippen MR) is 110 cm³/mol. The smallest absolute Gasteiger partial charge is 0.307 e. The molecule has 0 fully saturated rings. The molecule has 1 N–H and O–H groups in total. The monoisotopic (exact) mass is 393 g/mol. The molecule has 0 unspecified atom stereocenters. The van der Waals surface area contributed by atoms with Crippen LogP contribution in [0.15, 0.2) is 72.1 Å². The molecule has 7 heteroatoms. The first-order chi connectivity index (χ1) is 14.2. The summed E-state index contributed by atoms with van der Waals surface area (Å²) in [5, 5.41) is 17.3. The fourth-order valence-corrected chi connectivity index (χ4v) is 2.79. The molecule has 0 aliphatic rings. The van der Waals surface area contributed by atoms with Gasteiger partial charge in [-0.05, 0) is 47.9 Å². The number of rotatable bonds is 10. The van der Waals surface area contributed by atoms with E-state index < -0.39 is 5.97 Å². The first-order valence-corrected chi connectivity index (χ1v) is 9.38. The lowest BCUT2D eigenvalue weighted by Gasteiger charge is -2.08. The molecule has 3 aromatic rings. The normalized spacial score (nSPS) is 11.3. The molecule has 1 heterocycles. The van der Waals surface area contributed by atoms with E-state index in [1.807, 2.05) is 43.5 Å². The zero-order valence-electron chi connectivity index (χ0n) is 16.2. The van der Waals surface area contributed by atoms with Gasteiger partial charge in [0, 0.05) is 12.4 Å². The molecular formula is C22H23N3O4. The van der Waals surface area contributed by atoms with Crippen LogP contribution in [0, 0.1) is 0 Å². The van der Waals surface area contributed by atoms with Gasteiger partial charge in [-0.15, -0.1) is 0 Å². The minimum atomic E-state index is -0.871. The number of hydrogen-bond donors (Lipinski definition) is 1. The van der Waals surface area contributed by atoms with Crippen molar-refractivity contribution in [2.75, 3.05) is 13.2 Å². The van der Waals surface area contributed by atoms with Gasteiger partial charge in [0.15, 0.2) is 6.61 Å². The summed E-state index contributed by atoms with van der Waals surface area (Å²) in [5.41, 5.74) is 3.51. The van der Waals surface area contributed by atoms with Gasteiger partial charge >= 0.3 is 5.97 Å². The second kappa shape index (κ2) is 10.1. The van der Waals surface area contributed by atoms with Gasteiger partial charge in [0.1, 0.15) is 12.4 Å². The highest BCUT2D eigenvalue weighted by Crippen LogP contribution is 2.14. The molecule has 0 aliphatic carbocycles. The molecule has 150 valence electrons. The van der Waals surface area contributed by atoms with E-state index in [1.54, 1.807) is 35.1 Å². The Bertz CT molecular complexity index is 950. The highest BCUT2D eigenvalue weighted by atomic mass is 16.6. The predicted octanol–water partition coefficient (Wildman–Crippen LogP) is 3.71. The summed E-state index contributed by atoms with van der Waals surface area (Å²) in [4.78, 5) is 16.2. The fourth-order valence-electron chi connectivity index (χ4n) is 2.79. The first-order valence-electron chi connectivity index (χ1n) is 9.38. The Morgan fingerprint density at radius 1 is 1.14 bits per heavy atom.